The third kappa shape index (κ3) is 3.88. The average Bonchev–Trinajstić information content (AvgIpc) is 3.14. The smallest absolute Gasteiger partial charge is 0.417 e. The van der Waals surface area contributed by atoms with Gasteiger partial charge in [-0.25, -0.2) is 0 Å². The highest BCUT2D eigenvalue weighted by Gasteiger charge is 2.34. The molecular formula is C18H13F3N2O2. The number of pyridine rings is 1. The summed E-state index contributed by atoms with van der Waals surface area (Å²) in [6.07, 6.45) is 0.0675. The molecule has 0 spiro atoms. The topological polar surface area (TPSA) is 55.1 Å². The molecule has 0 aliphatic rings. The highest BCUT2D eigenvalue weighted by molar-refractivity contribution is 5.95. The fourth-order valence-electron chi connectivity index (χ4n) is 2.37. The molecule has 4 nitrogen and oxygen atoms in total. The Morgan fingerprint density at radius 1 is 1.12 bits per heavy atom. The number of benzene rings is 1. The molecule has 0 atom stereocenters. The summed E-state index contributed by atoms with van der Waals surface area (Å²) >= 11 is 0. The standard InChI is InChI=1S/C18H13F3N2O2/c19-18(20,21)15-5-2-1-4-14(15)17(24)23-10-12-8-13(11-22-9-12)16-6-3-7-25-16/h1-9,11H,10H2,(H,23,24). The minimum Gasteiger partial charge on any atom is -0.464 e. The SMILES string of the molecule is O=C(NCc1cncc(-c2ccco2)c1)c1ccccc1C(F)(F)F. The second kappa shape index (κ2) is 6.80. The molecular weight excluding hydrogens is 333 g/mol. The molecule has 7 heteroatoms. The number of carbonyl (C=O) groups excluding carboxylic acids is 1. The number of rotatable bonds is 4. The van der Waals surface area contributed by atoms with Gasteiger partial charge in [-0.2, -0.15) is 13.2 Å². The second-order valence-electron chi connectivity index (χ2n) is 5.29. The lowest BCUT2D eigenvalue weighted by Gasteiger charge is -2.12. The highest BCUT2D eigenvalue weighted by Crippen LogP contribution is 2.31. The van der Waals surface area contributed by atoms with Crippen molar-refractivity contribution in [2.45, 2.75) is 12.7 Å². The number of nitrogens with zero attached hydrogens (tertiary/aromatic N) is 1. The summed E-state index contributed by atoms with van der Waals surface area (Å²) in [6.45, 7) is 0.0482. The first-order chi connectivity index (χ1) is 11.9. The average molecular weight is 346 g/mol. The zero-order valence-electron chi connectivity index (χ0n) is 12.9. The van der Waals surface area contributed by atoms with E-state index in [0.29, 0.717) is 16.9 Å². The molecule has 128 valence electrons. The van der Waals surface area contributed by atoms with Crippen LogP contribution < -0.4 is 5.32 Å². The van der Waals surface area contributed by atoms with E-state index < -0.39 is 23.2 Å². The van der Waals surface area contributed by atoms with E-state index in [-0.39, 0.29) is 6.54 Å². The van der Waals surface area contributed by atoms with E-state index in [9.17, 15) is 18.0 Å². The Kier molecular flexibility index (Phi) is 4.56. The summed E-state index contributed by atoms with van der Waals surface area (Å²) in [5, 5.41) is 2.49. The van der Waals surface area contributed by atoms with Crippen LogP contribution in [0.4, 0.5) is 13.2 Å². The van der Waals surface area contributed by atoms with Gasteiger partial charge in [0.25, 0.3) is 5.91 Å². The molecule has 1 aromatic carbocycles. The summed E-state index contributed by atoms with van der Waals surface area (Å²) in [5.74, 6) is -0.181. The molecule has 1 N–H and O–H groups in total. The van der Waals surface area contributed by atoms with E-state index in [0.717, 1.165) is 12.1 Å². The van der Waals surface area contributed by atoms with Crippen molar-refractivity contribution in [1.29, 1.82) is 0 Å². The maximum absolute atomic E-state index is 13.0. The fraction of sp³-hybridized carbons (Fsp3) is 0.111. The first kappa shape index (κ1) is 16.8. The van der Waals surface area contributed by atoms with Crippen LogP contribution in [0.25, 0.3) is 11.3 Å². The quantitative estimate of drug-likeness (QED) is 0.767. The van der Waals surface area contributed by atoms with Gasteiger partial charge in [-0.3, -0.25) is 9.78 Å². The van der Waals surface area contributed by atoms with Crippen LogP contribution in [0.15, 0.2) is 65.5 Å². The zero-order chi connectivity index (χ0) is 17.9. The zero-order valence-corrected chi connectivity index (χ0v) is 12.9. The molecule has 0 saturated heterocycles. The Labute approximate surface area is 141 Å². The lowest BCUT2D eigenvalue weighted by Crippen LogP contribution is -2.25. The van der Waals surface area contributed by atoms with Gasteiger partial charge in [-0.1, -0.05) is 12.1 Å². The number of aromatic nitrogens is 1. The molecule has 0 aliphatic heterocycles. The van der Waals surface area contributed by atoms with Crippen molar-refractivity contribution in [3.8, 4) is 11.3 Å². The minimum absolute atomic E-state index is 0.0482. The first-order valence-corrected chi connectivity index (χ1v) is 7.37. The Morgan fingerprint density at radius 3 is 2.64 bits per heavy atom. The van der Waals surface area contributed by atoms with Gasteiger partial charge in [0.2, 0.25) is 0 Å². The largest absolute Gasteiger partial charge is 0.464 e. The molecule has 0 saturated carbocycles. The van der Waals surface area contributed by atoms with Gasteiger partial charge in [-0.15, -0.1) is 0 Å². The van der Waals surface area contributed by atoms with E-state index in [1.54, 1.807) is 24.4 Å². The normalized spacial score (nSPS) is 11.3. The molecule has 0 radical (unpaired) electrons. The van der Waals surface area contributed by atoms with E-state index in [2.05, 4.69) is 10.3 Å². The van der Waals surface area contributed by atoms with Crippen molar-refractivity contribution in [1.82, 2.24) is 10.3 Å². The number of carbonyl (C=O) groups is 1. The van der Waals surface area contributed by atoms with Gasteiger partial charge in [0, 0.05) is 24.5 Å². The minimum atomic E-state index is -4.59. The number of nitrogens with one attached hydrogen (secondary N) is 1. The van der Waals surface area contributed by atoms with Crippen LogP contribution in [-0.4, -0.2) is 10.9 Å². The second-order valence-corrected chi connectivity index (χ2v) is 5.29. The highest BCUT2D eigenvalue weighted by atomic mass is 19.4. The molecule has 2 aromatic heterocycles. The maximum atomic E-state index is 13.0. The molecule has 3 aromatic rings. The van der Waals surface area contributed by atoms with E-state index in [1.807, 2.05) is 0 Å². The van der Waals surface area contributed by atoms with Crippen molar-refractivity contribution in [3.05, 3.63) is 77.8 Å². The van der Waals surface area contributed by atoms with Crippen LogP contribution >= 0.6 is 0 Å². The molecule has 0 aliphatic carbocycles. The fourth-order valence-corrected chi connectivity index (χ4v) is 2.37. The molecule has 0 bridgehead atoms. The van der Waals surface area contributed by atoms with Crippen LogP contribution in [0, 0.1) is 0 Å². The van der Waals surface area contributed by atoms with Gasteiger partial charge in [-0.05, 0) is 35.9 Å². The summed E-state index contributed by atoms with van der Waals surface area (Å²) in [6, 6.07) is 9.92. The van der Waals surface area contributed by atoms with Crippen LogP contribution in [0.3, 0.4) is 0 Å². The third-order valence-corrected chi connectivity index (χ3v) is 3.53. The summed E-state index contributed by atoms with van der Waals surface area (Å²) < 4.78 is 44.2. The van der Waals surface area contributed by atoms with E-state index in [1.165, 1.54) is 24.6 Å². The van der Waals surface area contributed by atoms with Gasteiger partial charge < -0.3 is 9.73 Å². The number of hydrogen-bond donors (Lipinski definition) is 1. The predicted octanol–water partition coefficient (Wildman–Crippen LogP) is 4.29. The Hall–Kier alpha value is -3.09. The molecule has 0 unspecified atom stereocenters. The van der Waals surface area contributed by atoms with Crippen molar-refractivity contribution >= 4 is 5.91 Å². The summed E-state index contributed by atoms with van der Waals surface area (Å²) in [7, 11) is 0. The third-order valence-electron chi connectivity index (χ3n) is 3.53. The van der Waals surface area contributed by atoms with E-state index >= 15 is 0 Å². The van der Waals surface area contributed by atoms with E-state index in [4.69, 9.17) is 4.42 Å². The molecule has 0 fully saturated rings. The summed E-state index contributed by atoms with van der Waals surface area (Å²) in [4.78, 5) is 16.2. The van der Waals surface area contributed by atoms with Crippen molar-refractivity contribution in [2.75, 3.05) is 0 Å². The van der Waals surface area contributed by atoms with Crippen LogP contribution in [0.1, 0.15) is 21.5 Å². The Morgan fingerprint density at radius 2 is 1.92 bits per heavy atom. The van der Waals surface area contributed by atoms with Crippen LogP contribution in [-0.2, 0) is 12.7 Å². The number of halogens is 3. The lowest BCUT2D eigenvalue weighted by atomic mass is 10.1. The van der Waals surface area contributed by atoms with Crippen molar-refractivity contribution < 1.29 is 22.4 Å². The molecule has 3 rings (SSSR count). The lowest BCUT2D eigenvalue weighted by molar-refractivity contribution is -0.137. The number of alkyl halides is 3. The summed E-state index contributed by atoms with van der Waals surface area (Å²) in [5.41, 5.74) is -0.0145. The van der Waals surface area contributed by atoms with Crippen LogP contribution in [0.5, 0.6) is 0 Å². The van der Waals surface area contributed by atoms with Gasteiger partial charge >= 0.3 is 6.18 Å². The number of amides is 1. The predicted molar refractivity (Wildman–Crippen MR) is 84.6 cm³/mol. The van der Waals surface area contributed by atoms with Gasteiger partial charge in [0.1, 0.15) is 5.76 Å². The maximum Gasteiger partial charge on any atom is 0.417 e. The Bertz CT molecular complexity index is 874. The molecule has 25 heavy (non-hydrogen) atoms. The molecule has 2 heterocycles. The van der Waals surface area contributed by atoms with Crippen LogP contribution in [0.2, 0.25) is 0 Å². The number of furan rings is 1. The number of hydrogen-bond acceptors (Lipinski definition) is 3. The van der Waals surface area contributed by atoms with Gasteiger partial charge in [0.05, 0.1) is 17.4 Å². The molecule has 1 amide bonds. The first-order valence-electron chi connectivity index (χ1n) is 7.37. The van der Waals surface area contributed by atoms with Crippen molar-refractivity contribution in [2.24, 2.45) is 0 Å². The van der Waals surface area contributed by atoms with Crippen molar-refractivity contribution in [3.63, 3.8) is 0 Å². The Balaban J connectivity index is 1.75. The monoisotopic (exact) mass is 346 g/mol. The van der Waals surface area contributed by atoms with Gasteiger partial charge in [0.15, 0.2) is 0 Å².